The summed E-state index contributed by atoms with van der Waals surface area (Å²) in [5, 5.41) is 19.3. The van der Waals surface area contributed by atoms with Crippen molar-refractivity contribution in [1.29, 1.82) is 0 Å². The highest BCUT2D eigenvalue weighted by atomic mass is 35.5. The zero-order valence-electron chi connectivity index (χ0n) is 11.5. The predicted octanol–water partition coefficient (Wildman–Crippen LogP) is 4.02. The number of carboxylic acids is 2. The maximum atomic E-state index is 11.6. The Morgan fingerprint density at radius 3 is 2.24 bits per heavy atom. The molecule has 0 amide bonds. The molecule has 0 unspecified atom stereocenters. The highest BCUT2D eigenvalue weighted by Gasteiger charge is 2.23. The third-order valence-electron chi connectivity index (χ3n) is 3.39. The number of halogens is 1. The van der Waals surface area contributed by atoms with Crippen LogP contribution >= 0.6 is 11.6 Å². The molecule has 0 heterocycles. The molecule has 0 aliphatic carbocycles. The van der Waals surface area contributed by atoms with Crippen LogP contribution in [0.5, 0.6) is 0 Å². The Balaban J connectivity index is 2.94. The first-order chi connectivity index (χ1) is 9.84. The Hall–Kier alpha value is -2.33. The number of aromatic carboxylic acids is 2. The quantitative estimate of drug-likeness (QED) is 0.898. The highest BCUT2D eigenvalue weighted by Crippen LogP contribution is 2.35. The summed E-state index contributed by atoms with van der Waals surface area (Å²) in [4.78, 5) is 23.0. The Kier molecular flexibility index (Phi) is 4.00. The zero-order chi connectivity index (χ0) is 15.7. The van der Waals surface area contributed by atoms with Crippen molar-refractivity contribution in [3.8, 4) is 11.1 Å². The molecule has 0 atom stereocenters. The molecule has 0 aromatic heterocycles. The van der Waals surface area contributed by atoms with Gasteiger partial charge in [0.2, 0.25) is 0 Å². The van der Waals surface area contributed by atoms with Crippen molar-refractivity contribution in [3.63, 3.8) is 0 Å². The number of hydrogen-bond donors (Lipinski definition) is 2. The van der Waals surface area contributed by atoms with Crippen molar-refractivity contribution in [3.05, 3.63) is 57.6 Å². The summed E-state index contributed by atoms with van der Waals surface area (Å²) in [7, 11) is 0. The molecule has 21 heavy (non-hydrogen) atoms. The van der Waals surface area contributed by atoms with Crippen molar-refractivity contribution in [1.82, 2.24) is 0 Å². The van der Waals surface area contributed by atoms with Crippen LogP contribution < -0.4 is 0 Å². The Labute approximate surface area is 126 Å². The molecular formula is C16H13ClO4. The van der Waals surface area contributed by atoms with Crippen LogP contribution in [0.4, 0.5) is 0 Å². The molecule has 5 heteroatoms. The lowest BCUT2D eigenvalue weighted by Gasteiger charge is -2.15. The largest absolute Gasteiger partial charge is 0.478 e. The van der Waals surface area contributed by atoms with E-state index in [1.165, 1.54) is 12.1 Å². The monoisotopic (exact) mass is 304 g/mol. The first kappa shape index (κ1) is 15.1. The Morgan fingerprint density at radius 2 is 1.67 bits per heavy atom. The summed E-state index contributed by atoms with van der Waals surface area (Å²) >= 11 is 6.07. The van der Waals surface area contributed by atoms with Gasteiger partial charge < -0.3 is 10.2 Å². The minimum atomic E-state index is -1.17. The van der Waals surface area contributed by atoms with Crippen LogP contribution in [0.2, 0.25) is 5.02 Å². The first-order valence-electron chi connectivity index (χ1n) is 6.20. The second kappa shape index (κ2) is 5.58. The summed E-state index contributed by atoms with van der Waals surface area (Å²) in [6, 6.07) is 7.94. The fourth-order valence-corrected chi connectivity index (χ4v) is 2.49. The van der Waals surface area contributed by atoms with Crippen LogP contribution in [0.1, 0.15) is 31.8 Å². The molecule has 0 bridgehead atoms. The average molecular weight is 305 g/mol. The number of rotatable bonds is 3. The molecule has 0 radical (unpaired) electrons. The van der Waals surface area contributed by atoms with Crippen LogP contribution in [0, 0.1) is 13.8 Å². The highest BCUT2D eigenvalue weighted by molar-refractivity contribution is 6.31. The number of aryl methyl sites for hydroxylation is 1. The number of hydrogen-bond acceptors (Lipinski definition) is 2. The van der Waals surface area contributed by atoms with Gasteiger partial charge in [0.25, 0.3) is 0 Å². The Morgan fingerprint density at radius 1 is 1.00 bits per heavy atom. The fourth-order valence-electron chi connectivity index (χ4n) is 2.32. The normalized spacial score (nSPS) is 10.4. The number of benzene rings is 2. The van der Waals surface area contributed by atoms with Gasteiger partial charge in [-0.05, 0) is 42.7 Å². The molecule has 0 aliphatic rings. The molecule has 0 fully saturated rings. The first-order valence-corrected chi connectivity index (χ1v) is 6.58. The molecule has 0 saturated carbocycles. The third-order valence-corrected chi connectivity index (χ3v) is 3.80. The van der Waals surface area contributed by atoms with Gasteiger partial charge in [-0.3, -0.25) is 0 Å². The van der Waals surface area contributed by atoms with Crippen molar-refractivity contribution < 1.29 is 19.8 Å². The Bertz CT molecular complexity index is 750. The van der Waals surface area contributed by atoms with Gasteiger partial charge >= 0.3 is 11.9 Å². The molecule has 2 N–H and O–H groups in total. The lowest BCUT2D eigenvalue weighted by Crippen LogP contribution is -2.09. The van der Waals surface area contributed by atoms with Gasteiger partial charge in [-0.25, -0.2) is 9.59 Å². The minimum absolute atomic E-state index is 0.0136. The number of carboxylic acid groups (broad SMARTS) is 2. The van der Waals surface area contributed by atoms with E-state index in [0.717, 1.165) is 0 Å². The summed E-state index contributed by atoms with van der Waals surface area (Å²) in [5.41, 5.74) is 1.79. The summed E-state index contributed by atoms with van der Waals surface area (Å²) in [6.07, 6.45) is 0. The maximum Gasteiger partial charge on any atom is 0.336 e. The van der Waals surface area contributed by atoms with Crippen LogP contribution in [-0.4, -0.2) is 22.2 Å². The second-order valence-corrected chi connectivity index (χ2v) is 5.11. The average Bonchev–Trinajstić information content (AvgIpc) is 2.40. The van der Waals surface area contributed by atoms with E-state index < -0.39 is 11.9 Å². The molecule has 2 aromatic rings. The van der Waals surface area contributed by atoms with E-state index in [4.69, 9.17) is 11.6 Å². The lowest BCUT2D eigenvalue weighted by atomic mass is 9.89. The van der Waals surface area contributed by atoms with Gasteiger partial charge in [0.15, 0.2) is 0 Å². The van der Waals surface area contributed by atoms with E-state index in [2.05, 4.69) is 0 Å². The maximum absolute atomic E-state index is 11.6. The molecule has 108 valence electrons. The fraction of sp³-hybridized carbons (Fsp3) is 0.125. The van der Waals surface area contributed by atoms with Gasteiger partial charge in [-0.1, -0.05) is 29.8 Å². The predicted molar refractivity (Wildman–Crippen MR) is 80.3 cm³/mol. The van der Waals surface area contributed by atoms with Crippen molar-refractivity contribution in [2.45, 2.75) is 13.8 Å². The van der Waals surface area contributed by atoms with Crippen molar-refractivity contribution in [2.75, 3.05) is 0 Å². The van der Waals surface area contributed by atoms with Gasteiger partial charge in [0.1, 0.15) is 0 Å². The van der Waals surface area contributed by atoms with Gasteiger partial charge in [0.05, 0.1) is 11.1 Å². The molecule has 0 spiro atoms. The standard InChI is InChI=1S/C16H13ClO4/c1-8-6-7-11(15(18)19)14(13(8)16(20)21)10-4-3-5-12(17)9(10)2/h3-7H,1-2H3,(H,18,19)(H,20,21). The molecule has 4 nitrogen and oxygen atoms in total. The van der Waals surface area contributed by atoms with E-state index in [1.807, 2.05) is 0 Å². The summed E-state index contributed by atoms with van der Waals surface area (Å²) in [6.45, 7) is 3.37. The smallest absolute Gasteiger partial charge is 0.336 e. The van der Waals surface area contributed by atoms with Crippen LogP contribution in [0.25, 0.3) is 11.1 Å². The van der Waals surface area contributed by atoms with E-state index >= 15 is 0 Å². The molecule has 0 saturated heterocycles. The molecule has 0 aliphatic heterocycles. The van der Waals surface area contributed by atoms with Crippen molar-refractivity contribution >= 4 is 23.5 Å². The molecule has 2 rings (SSSR count). The third kappa shape index (κ3) is 2.62. The van der Waals surface area contributed by atoms with E-state index in [0.29, 0.717) is 21.7 Å². The van der Waals surface area contributed by atoms with E-state index in [9.17, 15) is 19.8 Å². The van der Waals surface area contributed by atoms with Crippen LogP contribution in [-0.2, 0) is 0 Å². The zero-order valence-corrected chi connectivity index (χ0v) is 12.2. The van der Waals surface area contributed by atoms with Gasteiger partial charge in [0, 0.05) is 10.6 Å². The van der Waals surface area contributed by atoms with E-state index in [-0.39, 0.29) is 16.7 Å². The molecular weight excluding hydrogens is 292 g/mol. The summed E-state index contributed by atoms with van der Waals surface area (Å²) in [5.74, 6) is -2.34. The second-order valence-electron chi connectivity index (χ2n) is 4.70. The molecule has 2 aromatic carbocycles. The van der Waals surface area contributed by atoms with Gasteiger partial charge in [-0.15, -0.1) is 0 Å². The summed E-state index contributed by atoms with van der Waals surface area (Å²) < 4.78 is 0. The van der Waals surface area contributed by atoms with Crippen LogP contribution in [0.15, 0.2) is 30.3 Å². The lowest BCUT2D eigenvalue weighted by molar-refractivity contribution is 0.0695. The minimum Gasteiger partial charge on any atom is -0.478 e. The number of carbonyl (C=O) groups is 2. The topological polar surface area (TPSA) is 74.6 Å². The SMILES string of the molecule is Cc1ccc(C(=O)O)c(-c2cccc(Cl)c2C)c1C(=O)O. The van der Waals surface area contributed by atoms with E-state index in [1.54, 1.807) is 32.0 Å². The van der Waals surface area contributed by atoms with Gasteiger partial charge in [-0.2, -0.15) is 0 Å². The van der Waals surface area contributed by atoms with Crippen molar-refractivity contribution in [2.24, 2.45) is 0 Å². The van der Waals surface area contributed by atoms with Crippen LogP contribution in [0.3, 0.4) is 0 Å².